The highest BCUT2D eigenvalue weighted by Crippen LogP contribution is 2.25. The number of ether oxygens (including phenoxy) is 1. The zero-order valence-corrected chi connectivity index (χ0v) is 9.52. The SMILES string of the molecule is COc1cc(CCl)ccc1S(C)(=O)=O. The van der Waals surface area contributed by atoms with Gasteiger partial charge in [-0.15, -0.1) is 11.6 Å². The van der Waals surface area contributed by atoms with Crippen molar-refractivity contribution in [2.45, 2.75) is 10.8 Å². The number of sulfone groups is 1. The van der Waals surface area contributed by atoms with Crippen molar-refractivity contribution in [2.24, 2.45) is 0 Å². The molecule has 1 aromatic rings. The summed E-state index contributed by atoms with van der Waals surface area (Å²) in [6.45, 7) is 0. The highest BCUT2D eigenvalue weighted by molar-refractivity contribution is 7.90. The van der Waals surface area contributed by atoms with E-state index in [1.165, 1.54) is 13.2 Å². The van der Waals surface area contributed by atoms with E-state index in [0.717, 1.165) is 11.8 Å². The molecule has 0 spiro atoms. The number of halogens is 1. The second kappa shape index (κ2) is 4.19. The van der Waals surface area contributed by atoms with Crippen molar-refractivity contribution in [1.29, 1.82) is 0 Å². The molecule has 0 N–H and O–H groups in total. The molecule has 0 bridgehead atoms. The van der Waals surface area contributed by atoms with Crippen molar-refractivity contribution in [3.05, 3.63) is 23.8 Å². The van der Waals surface area contributed by atoms with E-state index < -0.39 is 9.84 Å². The van der Waals surface area contributed by atoms with Crippen LogP contribution in [0.2, 0.25) is 0 Å². The van der Waals surface area contributed by atoms with Gasteiger partial charge in [-0.25, -0.2) is 8.42 Å². The topological polar surface area (TPSA) is 43.4 Å². The monoisotopic (exact) mass is 234 g/mol. The summed E-state index contributed by atoms with van der Waals surface area (Å²) < 4.78 is 27.6. The van der Waals surface area contributed by atoms with Crippen LogP contribution in [-0.4, -0.2) is 21.8 Å². The third-order valence-corrected chi connectivity index (χ3v) is 3.23. The summed E-state index contributed by atoms with van der Waals surface area (Å²) in [5.74, 6) is 0.672. The molecular formula is C9H11ClO3S. The predicted molar refractivity (Wildman–Crippen MR) is 55.7 cm³/mol. The Morgan fingerprint density at radius 1 is 1.43 bits per heavy atom. The van der Waals surface area contributed by atoms with Crippen molar-refractivity contribution in [2.75, 3.05) is 13.4 Å². The molecule has 78 valence electrons. The van der Waals surface area contributed by atoms with Gasteiger partial charge in [0.05, 0.1) is 7.11 Å². The minimum absolute atomic E-state index is 0.189. The average Bonchev–Trinajstić information content (AvgIpc) is 2.15. The van der Waals surface area contributed by atoms with Crippen LogP contribution in [0.5, 0.6) is 5.75 Å². The minimum Gasteiger partial charge on any atom is -0.495 e. The van der Waals surface area contributed by atoms with Gasteiger partial charge in [-0.1, -0.05) is 6.07 Å². The molecule has 0 amide bonds. The lowest BCUT2D eigenvalue weighted by Crippen LogP contribution is -2.01. The second-order valence-electron chi connectivity index (χ2n) is 2.89. The molecule has 0 unspecified atom stereocenters. The van der Waals surface area contributed by atoms with Gasteiger partial charge in [0.2, 0.25) is 0 Å². The Balaban J connectivity index is 3.33. The maximum Gasteiger partial charge on any atom is 0.179 e. The van der Waals surface area contributed by atoms with Crippen LogP contribution in [0.25, 0.3) is 0 Å². The molecule has 0 fully saturated rings. The quantitative estimate of drug-likeness (QED) is 0.750. The molecule has 0 aliphatic rings. The highest BCUT2D eigenvalue weighted by atomic mass is 35.5. The Kier molecular flexibility index (Phi) is 3.39. The van der Waals surface area contributed by atoms with Gasteiger partial charge in [0.15, 0.2) is 9.84 Å². The first-order valence-corrected chi connectivity index (χ1v) is 6.34. The first kappa shape index (κ1) is 11.3. The molecule has 0 aliphatic carbocycles. The molecule has 0 heterocycles. The summed E-state index contributed by atoms with van der Waals surface area (Å²) in [4.78, 5) is 0.189. The number of hydrogen-bond acceptors (Lipinski definition) is 3. The predicted octanol–water partition coefficient (Wildman–Crippen LogP) is 1.84. The first-order chi connectivity index (χ1) is 6.49. The normalized spacial score (nSPS) is 11.4. The molecule has 1 aromatic carbocycles. The molecule has 0 saturated heterocycles. The van der Waals surface area contributed by atoms with E-state index in [0.29, 0.717) is 11.6 Å². The van der Waals surface area contributed by atoms with Crippen molar-refractivity contribution in [3.8, 4) is 5.75 Å². The molecule has 0 radical (unpaired) electrons. The molecule has 0 atom stereocenters. The molecule has 14 heavy (non-hydrogen) atoms. The van der Waals surface area contributed by atoms with Crippen molar-refractivity contribution >= 4 is 21.4 Å². The van der Waals surface area contributed by atoms with E-state index in [4.69, 9.17) is 16.3 Å². The van der Waals surface area contributed by atoms with E-state index in [2.05, 4.69) is 0 Å². The maximum absolute atomic E-state index is 11.3. The zero-order chi connectivity index (χ0) is 10.8. The lowest BCUT2D eigenvalue weighted by atomic mass is 10.2. The van der Waals surface area contributed by atoms with Gasteiger partial charge in [0.25, 0.3) is 0 Å². The Bertz CT molecular complexity index is 426. The molecule has 0 aromatic heterocycles. The van der Waals surface area contributed by atoms with Crippen LogP contribution < -0.4 is 4.74 Å². The molecule has 0 aliphatic heterocycles. The van der Waals surface area contributed by atoms with Gasteiger partial charge in [-0.2, -0.15) is 0 Å². The van der Waals surface area contributed by atoms with E-state index in [1.807, 2.05) is 0 Å². The fraction of sp³-hybridized carbons (Fsp3) is 0.333. The van der Waals surface area contributed by atoms with E-state index in [-0.39, 0.29) is 4.90 Å². The summed E-state index contributed by atoms with van der Waals surface area (Å²) in [7, 11) is -1.81. The van der Waals surface area contributed by atoms with Crippen LogP contribution in [0.15, 0.2) is 23.1 Å². The van der Waals surface area contributed by atoms with Crippen LogP contribution in [0.1, 0.15) is 5.56 Å². The summed E-state index contributed by atoms with van der Waals surface area (Å²) in [6.07, 6.45) is 1.14. The molecule has 1 rings (SSSR count). The van der Waals surface area contributed by atoms with Gasteiger partial charge in [0.1, 0.15) is 10.6 Å². The Labute approximate surface area is 88.6 Å². The van der Waals surface area contributed by atoms with Gasteiger partial charge >= 0.3 is 0 Å². The summed E-state index contributed by atoms with van der Waals surface area (Å²) in [6, 6.07) is 4.81. The number of hydrogen-bond donors (Lipinski definition) is 0. The van der Waals surface area contributed by atoms with Crippen LogP contribution in [-0.2, 0) is 15.7 Å². The van der Waals surface area contributed by atoms with Gasteiger partial charge < -0.3 is 4.74 Å². The number of rotatable bonds is 3. The third-order valence-electron chi connectivity index (χ3n) is 1.78. The number of benzene rings is 1. The molecular weight excluding hydrogens is 224 g/mol. The van der Waals surface area contributed by atoms with E-state index >= 15 is 0 Å². The summed E-state index contributed by atoms with van der Waals surface area (Å²) >= 11 is 5.62. The standard InChI is InChI=1S/C9H11ClO3S/c1-13-8-5-7(6-10)3-4-9(8)14(2,11)12/h3-5H,6H2,1-2H3. The lowest BCUT2D eigenvalue weighted by molar-refractivity contribution is 0.402. The number of alkyl halides is 1. The molecule has 5 heteroatoms. The van der Waals surface area contributed by atoms with Gasteiger partial charge in [0, 0.05) is 12.1 Å². The molecule has 0 saturated carbocycles. The third kappa shape index (κ3) is 2.39. The fourth-order valence-electron chi connectivity index (χ4n) is 1.10. The van der Waals surface area contributed by atoms with Crippen LogP contribution in [0, 0.1) is 0 Å². The fourth-order valence-corrected chi connectivity index (χ4v) is 2.09. The van der Waals surface area contributed by atoms with Crippen molar-refractivity contribution < 1.29 is 13.2 Å². The Morgan fingerprint density at radius 2 is 2.07 bits per heavy atom. The minimum atomic E-state index is -3.24. The Hall–Kier alpha value is -0.740. The average molecular weight is 235 g/mol. The maximum atomic E-state index is 11.3. The van der Waals surface area contributed by atoms with E-state index in [1.54, 1.807) is 12.1 Å². The zero-order valence-electron chi connectivity index (χ0n) is 7.95. The second-order valence-corrected chi connectivity index (χ2v) is 5.14. The Morgan fingerprint density at radius 3 is 2.50 bits per heavy atom. The lowest BCUT2D eigenvalue weighted by Gasteiger charge is -2.07. The summed E-state index contributed by atoms with van der Waals surface area (Å²) in [5.41, 5.74) is 0.830. The van der Waals surface area contributed by atoms with Crippen LogP contribution in [0.3, 0.4) is 0 Å². The molecule has 3 nitrogen and oxygen atoms in total. The largest absolute Gasteiger partial charge is 0.495 e. The van der Waals surface area contributed by atoms with Gasteiger partial charge in [-0.3, -0.25) is 0 Å². The van der Waals surface area contributed by atoms with Crippen LogP contribution in [0.4, 0.5) is 0 Å². The van der Waals surface area contributed by atoms with E-state index in [9.17, 15) is 8.42 Å². The summed E-state index contributed by atoms with van der Waals surface area (Å²) in [5, 5.41) is 0. The number of methoxy groups -OCH3 is 1. The smallest absolute Gasteiger partial charge is 0.179 e. The van der Waals surface area contributed by atoms with Gasteiger partial charge in [-0.05, 0) is 17.7 Å². The van der Waals surface area contributed by atoms with Crippen molar-refractivity contribution in [1.82, 2.24) is 0 Å². The van der Waals surface area contributed by atoms with Crippen molar-refractivity contribution in [3.63, 3.8) is 0 Å². The first-order valence-electron chi connectivity index (χ1n) is 3.92. The highest BCUT2D eigenvalue weighted by Gasteiger charge is 2.13. The van der Waals surface area contributed by atoms with Crippen LogP contribution >= 0.6 is 11.6 Å².